The predicted molar refractivity (Wildman–Crippen MR) is 92.7 cm³/mol. The number of fused-ring (bicyclic) bond motifs is 1. The van der Waals surface area contributed by atoms with Gasteiger partial charge in [0.1, 0.15) is 23.5 Å². The summed E-state index contributed by atoms with van der Waals surface area (Å²) in [4.78, 5) is 4.45. The molecule has 1 aromatic carbocycles. The number of hydrazine groups is 2. The fourth-order valence-corrected chi connectivity index (χ4v) is 2.88. The highest BCUT2D eigenvalue weighted by atomic mass is 19.1. The van der Waals surface area contributed by atoms with E-state index >= 15 is 0 Å². The first-order valence-electron chi connectivity index (χ1n) is 7.91. The first-order valence-corrected chi connectivity index (χ1v) is 7.91. The molecule has 2 aliphatic rings. The summed E-state index contributed by atoms with van der Waals surface area (Å²) >= 11 is 0. The molecule has 0 fully saturated rings. The van der Waals surface area contributed by atoms with E-state index < -0.39 is 0 Å². The van der Waals surface area contributed by atoms with Gasteiger partial charge in [-0.15, -0.1) is 0 Å². The van der Waals surface area contributed by atoms with E-state index in [1.807, 2.05) is 24.5 Å². The molecule has 0 spiro atoms. The molecule has 8 heteroatoms. The van der Waals surface area contributed by atoms with Crippen LogP contribution in [0.15, 0.2) is 59.2 Å². The van der Waals surface area contributed by atoms with Crippen molar-refractivity contribution in [2.75, 3.05) is 6.54 Å². The van der Waals surface area contributed by atoms with Gasteiger partial charge >= 0.3 is 0 Å². The molecule has 0 radical (unpaired) electrons. The van der Waals surface area contributed by atoms with Crippen molar-refractivity contribution in [3.05, 3.63) is 71.2 Å². The van der Waals surface area contributed by atoms with Crippen LogP contribution in [0.4, 0.5) is 4.39 Å². The van der Waals surface area contributed by atoms with Gasteiger partial charge in [0.15, 0.2) is 0 Å². The normalized spacial score (nSPS) is 16.2. The number of rotatable bonds is 4. The van der Waals surface area contributed by atoms with Crippen LogP contribution in [0.2, 0.25) is 0 Å². The molecular weight excluding hydrogens is 321 g/mol. The molecule has 4 rings (SSSR count). The Balaban J connectivity index is 1.57. The molecule has 3 N–H and O–H groups in total. The molecule has 0 atom stereocenters. The van der Waals surface area contributed by atoms with Gasteiger partial charge in [-0.1, -0.05) is 12.1 Å². The van der Waals surface area contributed by atoms with E-state index in [-0.39, 0.29) is 5.82 Å². The smallest absolute Gasteiger partial charge is 0.123 e. The first-order chi connectivity index (χ1) is 12.1. The van der Waals surface area contributed by atoms with E-state index in [0.717, 1.165) is 34.6 Å². The number of hydrogen-bond donors (Lipinski definition) is 2. The Labute approximate surface area is 144 Å². The number of aryl methyl sites for hydroxylation is 1. The fraction of sp³-hybridized carbons (Fsp3) is 0.176. The Morgan fingerprint density at radius 1 is 1.24 bits per heavy atom. The number of aliphatic imine (C=N–C) groups is 1. The summed E-state index contributed by atoms with van der Waals surface area (Å²) in [7, 11) is 1.87. The third-order valence-electron chi connectivity index (χ3n) is 4.14. The molecule has 7 nitrogen and oxygen atoms in total. The van der Waals surface area contributed by atoms with Crippen molar-refractivity contribution in [3.63, 3.8) is 0 Å². The van der Waals surface area contributed by atoms with Gasteiger partial charge in [0.05, 0.1) is 11.9 Å². The second kappa shape index (κ2) is 6.06. The number of benzene rings is 1. The van der Waals surface area contributed by atoms with E-state index in [4.69, 9.17) is 5.84 Å². The predicted octanol–water partition coefficient (Wildman–Crippen LogP) is 1.35. The number of aromatic nitrogens is 2. The second-order valence-corrected chi connectivity index (χ2v) is 5.97. The summed E-state index contributed by atoms with van der Waals surface area (Å²) in [6.45, 7) is 0.689. The van der Waals surface area contributed by atoms with Crippen LogP contribution in [0.1, 0.15) is 11.1 Å². The number of nitrogens with zero attached hydrogens (tertiary/aromatic N) is 5. The van der Waals surface area contributed by atoms with Crippen molar-refractivity contribution < 1.29 is 4.39 Å². The molecule has 3 heterocycles. The van der Waals surface area contributed by atoms with E-state index in [9.17, 15) is 4.39 Å². The minimum Gasteiger partial charge on any atom is -0.295 e. The van der Waals surface area contributed by atoms with Crippen molar-refractivity contribution in [2.45, 2.75) is 6.42 Å². The zero-order valence-corrected chi connectivity index (χ0v) is 13.7. The van der Waals surface area contributed by atoms with E-state index in [1.165, 1.54) is 17.1 Å². The van der Waals surface area contributed by atoms with Crippen LogP contribution in [0.5, 0.6) is 0 Å². The molecule has 25 heavy (non-hydrogen) atoms. The Hall–Kier alpha value is -3.13. The van der Waals surface area contributed by atoms with Crippen molar-refractivity contribution in [3.8, 4) is 0 Å². The number of hydrogen-bond acceptors (Lipinski definition) is 6. The third kappa shape index (κ3) is 2.99. The summed E-state index contributed by atoms with van der Waals surface area (Å²) < 4.78 is 14.8. The topological polar surface area (TPSA) is 74.7 Å². The minimum absolute atomic E-state index is 0.228. The lowest BCUT2D eigenvalue weighted by Gasteiger charge is -2.24. The SMILES string of the molecule is Cn1cc(C2=C3N=CN(N)C=C3N(CCc3ccc(F)cc3)N2)cn1. The molecule has 2 aliphatic heterocycles. The Kier molecular flexibility index (Phi) is 3.73. The molecule has 0 aliphatic carbocycles. The van der Waals surface area contributed by atoms with Crippen LogP contribution < -0.4 is 11.3 Å². The number of nitrogens with two attached hydrogens (primary N) is 1. The monoisotopic (exact) mass is 339 g/mol. The molecule has 128 valence electrons. The molecule has 0 bridgehead atoms. The highest BCUT2D eigenvalue weighted by molar-refractivity contribution is 5.77. The molecule has 0 saturated heterocycles. The maximum absolute atomic E-state index is 13.1. The Bertz CT molecular complexity index is 879. The zero-order chi connectivity index (χ0) is 17.4. The molecule has 0 saturated carbocycles. The average molecular weight is 339 g/mol. The Morgan fingerprint density at radius 3 is 2.76 bits per heavy atom. The van der Waals surface area contributed by atoms with Crippen molar-refractivity contribution in [2.24, 2.45) is 17.9 Å². The van der Waals surface area contributed by atoms with E-state index in [2.05, 4.69) is 15.5 Å². The van der Waals surface area contributed by atoms with Crippen LogP contribution in [-0.4, -0.2) is 32.7 Å². The lowest BCUT2D eigenvalue weighted by molar-refractivity contribution is 0.314. The summed E-state index contributed by atoms with van der Waals surface area (Å²) in [5.74, 6) is 5.61. The Morgan fingerprint density at radius 2 is 2.04 bits per heavy atom. The quantitative estimate of drug-likeness (QED) is 0.823. The average Bonchev–Trinajstić information content (AvgIpc) is 3.18. The van der Waals surface area contributed by atoms with Gasteiger partial charge in [-0.2, -0.15) is 5.10 Å². The van der Waals surface area contributed by atoms with Gasteiger partial charge in [0, 0.05) is 31.6 Å². The summed E-state index contributed by atoms with van der Waals surface area (Å²) in [6.07, 6.45) is 7.87. The number of nitrogens with one attached hydrogen (secondary N) is 1. The maximum Gasteiger partial charge on any atom is 0.123 e. The van der Waals surface area contributed by atoms with Crippen molar-refractivity contribution in [1.29, 1.82) is 0 Å². The minimum atomic E-state index is -0.228. The second-order valence-electron chi connectivity index (χ2n) is 5.97. The van der Waals surface area contributed by atoms with Crippen LogP contribution in [0.3, 0.4) is 0 Å². The third-order valence-corrected chi connectivity index (χ3v) is 4.14. The number of halogens is 1. The molecule has 0 amide bonds. The van der Waals surface area contributed by atoms with Crippen LogP contribution in [0, 0.1) is 5.82 Å². The lowest BCUT2D eigenvalue weighted by Crippen LogP contribution is -2.35. The van der Waals surface area contributed by atoms with Gasteiger partial charge in [-0.3, -0.25) is 20.1 Å². The van der Waals surface area contributed by atoms with Gasteiger partial charge in [0.2, 0.25) is 0 Å². The standard InChI is InChI=1S/C17H18FN7/c1-23-9-13(8-21-23)16-17-15(10-24(19)11-20-17)25(22-16)7-6-12-2-4-14(18)5-3-12/h2-5,8-11,22H,6-7,19H2,1H3. The summed E-state index contributed by atoms with van der Waals surface area (Å²) in [5, 5.41) is 7.65. The molecular formula is C17H18FN7. The van der Waals surface area contributed by atoms with Gasteiger partial charge < -0.3 is 0 Å². The molecule has 2 aromatic rings. The summed E-state index contributed by atoms with van der Waals surface area (Å²) in [6, 6.07) is 6.54. The summed E-state index contributed by atoms with van der Waals surface area (Å²) in [5.41, 5.74) is 8.01. The van der Waals surface area contributed by atoms with Crippen LogP contribution >= 0.6 is 0 Å². The molecule has 1 aromatic heterocycles. The van der Waals surface area contributed by atoms with Gasteiger partial charge in [-0.25, -0.2) is 15.2 Å². The highest BCUT2D eigenvalue weighted by Crippen LogP contribution is 2.32. The van der Waals surface area contributed by atoms with Crippen LogP contribution in [-0.2, 0) is 13.5 Å². The van der Waals surface area contributed by atoms with Crippen LogP contribution in [0.25, 0.3) is 5.70 Å². The highest BCUT2D eigenvalue weighted by Gasteiger charge is 2.30. The van der Waals surface area contributed by atoms with Crippen molar-refractivity contribution >= 4 is 12.0 Å². The lowest BCUT2D eigenvalue weighted by atomic mass is 10.1. The fourth-order valence-electron chi connectivity index (χ4n) is 2.88. The zero-order valence-electron chi connectivity index (χ0n) is 13.7. The largest absolute Gasteiger partial charge is 0.295 e. The van der Waals surface area contributed by atoms with E-state index in [1.54, 1.807) is 29.3 Å². The molecule has 0 unspecified atom stereocenters. The van der Waals surface area contributed by atoms with E-state index in [0.29, 0.717) is 6.54 Å². The maximum atomic E-state index is 13.1. The first kappa shape index (κ1) is 15.4. The van der Waals surface area contributed by atoms with Gasteiger partial charge in [0.25, 0.3) is 0 Å². The van der Waals surface area contributed by atoms with Crippen molar-refractivity contribution in [1.82, 2.24) is 25.2 Å². The van der Waals surface area contributed by atoms with Gasteiger partial charge in [-0.05, 0) is 24.1 Å².